The van der Waals surface area contributed by atoms with Crippen molar-refractivity contribution in [3.8, 4) is 0 Å². The minimum atomic E-state index is -8.69. The molecule has 0 radical (unpaired) electrons. The predicted octanol–water partition coefficient (Wildman–Crippen LogP) is 7.98. The van der Waals surface area contributed by atoms with Crippen LogP contribution in [0.2, 0.25) is 0 Å². The Hall–Kier alpha value is -2.34. The van der Waals surface area contributed by atoms with Crippen molar-refractivity contribution >= 4 is 5.78 Å². The zero-order valence-electron chi connectivity index (χ0n) is 18.3. The fraction of sp³-hybridized carbons (Fsp3) is 0.632. The third-order valence-electron chi connectivity index (χ3n) is 5.20. The summed E-state index contributed by atoms with van der Waals surface area (Å²) < 4.78 is 232. The molecule has 38 heavy (non-hydrogen) atoms. The molecule has 0 heterocycles. The smallest absolute Gasteiger partial charge is 0.377 e. The number of rotatable bonds is 11. The van der Waals surface area contributed by atoms with E-state index in [0.29, 0.717) is 7.11 Å². The van der Waals surface area contributed by atoms with E-state index in [-0.39, 0.29) is 0 Å². The largest absolute Gasteiger partial charge is 0.460 e. The Labute approximate surface area is 200 Å². The van der Waals surface area contributed by atoms with E-state index in [1.165, 1.54) is 0 Å². The molecule has 1 aromatic carbocycles. The molecular weight excluding hydrogens is 583 g/mol. The Morgan fingerprint density at radius 1 is 0.658 bits per heavy atom. The van der Waals surface area contributed by atoms with Crippen molar-refractivity contribution in [2.45, 2.75) is 67.1 Å². The Kier molecular flexibility index (Phi) is 8.59. The van der Waals surface area contributed by atoms with Crippen LogP contribution in [0.1, 0.15) is 35.4 Å². The van der Waals surface area contributed by atoms with Crippen molar-refractivity contribution in [1.29, 1.82) is 0 Å². The van der Waals surface area contributed by atoms with Crippen LogP contribution < -0.4 is 0 Å². The molecule has 0 aliphatic heterocycles. The third kappa shape index (κ3) is 4.78. The highest BCUT2D eigenvalue weighted by atomic mass is 19.4. The van der Waals surface area contributed by atoms with Gasteiger partial charge >= 0.3 is 47.6 Å². The van der Waals surface area contributed by atoms with Gasteiger partial charge in [0.15, 0.2) is 5.78 Å². The number of benzene rings is 1. The second-order valence-electron chi connectivity index (χ2n) is 7.72. The standard InChI is InChI=1S/C19H13F17O2/c1-8(37)9-5-3-4-6-10(9)11(38-2)7-12(20,21)13(22,23)14(24,25)15(26,27)16(28,29)17(30,31)18(32,33)19(34,35)36/h3-6,11H,7H2,1-2H3. The highest BCUT2D eigenvalue weighted by Gasteiger charge is 2.95. The van der Waals surface area contributed by atoms with E-state index in [1.807, 2.05) is 0 Å². The molecule has 1 atom stereocenters. The first-order valence-corrected chi connectivity index (χ1v) is 9.44. The summed E-state index contributed by atoms with van der Waals surface area (Å²) in [6, 6.07) is 3.68. The Bertz CT molecular complexity index is 1010. The molecule has 220 valence electrons. The van der Waals surface area contributed by atoms with Crippen LogP contribution in [-0.2, 0) is 4.74 Å². The number of ether oxygens (including phenoxy) is 1. The summed E-state index contributed by atoms with van der Waals surface area (Å²) >= 11 is 0. The van der Waals surface area contributed by atoms with Crippen molar-refractivity contribution in [3.63, 3.8) is 0 Å². The van der Waals surface area contributed by atoms with Crippen molar-refractivity contribution in [1.82, 2.24) is 0 Å². The minimum absolute atomic E-state index is 0.455. The molecule has 19 heteroatoms. The van der Waals surface area contributed by atoms with Crippen molar-refractivity contribution in [3.05, 3.63) is 35.4 Å². The molecule has 2 nitrogen and oxygen atoms in total. The molecular formula is C19H13F17O2. The molecule has 0 saturated heterocycles. The van der Waals surface area contributed by atoms with Crippen LogP contribution in [0, 0.1) is 0 Å². The van der Waals surface area contributed by atoms with Crippen LogP contribution in [0.15, 0.2) is 24.3 Å². The van der Waals surface area contributed by atoms with Gasteiger partial charge in [-0.15, -0.1) is 0 Å². The first-order chi connectivity index (χ1) is 16.6. The molecule has 0 bridgehead atoms. The number of methoxy groups -OCH3 is 1. The zero-order valence-corrected chi connectivity index (χ0v) is 18.3. The Morgan fingerprint density at radius 3 is 1.39 bits per heavy atom. The van der Waals surface area contributed by atoms with Crippen LogP contribution in [0.25, 0.3) is 0 Å². The Balaban J connectivity index is 3.65. The maximum atomic E-state index is 14.3. The summed E-state index contributed by atoms with van der Waals surface area (Å²) in [5, 5.41) is 0. The fourth-order valence-electron chi connectivity index (χ4n) is 2.98. The minimum Gasteiger partial charge on any atom is -0.377 e. The predicted molar refractivity (Wildman–Crippen MR) is 91.5 cm³/mol. The van der Waals surface area contributed by atoms with E-state index >= 15 is 0 Å². The molecule has 0 amide bonds. The van der Waals surface area contributed by atoms with Gasteiger partial charge in [-0.05, 0) is 12.5 Å². The molecule has 0 aromatic heterocycles. The molecule has 0 spiro atoms. The monoisotopic (exact) mass is 596 g/mol. The maximum absolute atomic E-state index is 14.3. The van der Waals surface area contributed by atoms with Crippen LogP contribution >= 0.6 is 0 Å². The van der Waals surface area contributed by atoms with Crippen LogP contribution in [0.5, 0.6) is 0 Å². The number of Topliss-reactive ketones (excluding diaryl/α,β-unsaturated/α-hetero) is 1. The average molecular weight is 596 g/mol. The van der Waals surface area contributed by atoms with E-state index in [0.717, 1.165) is 31.2 Å². The van der Waals surface area contributed by atoms with Gasteiger partial charge in [-0.2, -0.15) is 74.6 Å². The number of alkyl halides is 17. The summed E-state index contributed by atoms with van der Waals surface area (Å²) in [4.78, 5) is 11.6. The van der Waals surface area contributed by atoms with Gasteiger partial charge < -0.3 is 4.74 Å². The van der Waals surface area contributed by atoms with Gasteiger partial charge in [0.25, 0.3) is 0 Å². The summed E-state index contributed by atoms with van der Waals surface area (Å²) in [7, 11) is 0.455. The number of carbonyl (C=O) groups excluding carboxylic acids is 1. The van der Waals surface area contributed by atoms with Crippen LogP contribution in [-0.4, -0.2) is 60.5 Å². The van der Waals surface area contributed by atoms with Crippen molar-refractivity contribution in [2.24, 2.45) is 0 Å². The summed E-state index contributed by atoms with van der Waals surface area (Å²) in [6.07, 6.45) is -13.2. The lowest BCUT2D eigenvalue weighted by atomic mass is 9.86. The lowest BCUT2D eigenvalue weighted by Gasteiger charge is -2.43. The second-order valence-corrected chi connectivity index (χ2v) is 7.72. The van der Waals surface area contributed by atoms with E-state index < -0.39 is 77.1 Å². The molecule has 0 fully saturated rings. The van der Waals surface area contributed by atoms with Crippen molar-refractivity contribution in [2.75, 3.05) is 7.11 Å². The third-order valence-corrected chi connectivity index (χ3v) is 5.20. The fourth-order valence-corrected chi connectivity index (χ4v) is 2.98. The van der Waals surface area contributed by atoms with Crippen molar-refractivity contribution < 1.29 is 84.2 Å². The topological polar surface area (TPSA) is 26.3 Å². The molecule has 0 N–H and O–H groups in total. The lowest BCUT2D eigenvalue weighted by molar-refractivity contribution is -0.462. The van der Waals surface area contributed by atoms with E-state index in [9.17, 15) is 79.4 Å². The van der Waals surface area contributed by atoms with Crippen LogP contribution in [0.4, 0.5) is 74.6 Å². The normalized spacial score (nSPS) is 16.0. The van der Waals surface area contributed by atoms with E-state index in [2.05, 4.69) is 4.74 Å². The summed E-state index contributed by atoms with van der Waals surface area (Å²) in [5.74, 6) is -57.9. The second kappa shape index (κ2) is 9.69. The number of carbonyl (C=O) groups is 1. The quantitative estimate of drug-likeness (QED) is 0.191. The number of halogens is 17. The first kappa shape index (κ1) is 33.7. The Morgan fingerprint density at radius 2 is 1.03 bits per heavy atom. The molecule has 1 aromatic rings. The molecule has 0 aliphatic carbocycles. The lowest BCUT2D eigenvalue weighted by Crippen LogP contribution is -2.74. The van der Waals surface area contributed by atoms with E-state index in [1.54, 1.807) is 0 Å². The van der Waals surface area contributed by atoms with Crippen LogP contribution in [0.3, 0.4) is 0 Å². The summed E-state index contributed by atoms with van der Waals surface area (Å²) in [5.41, 5.74) is -1.30. The maximum Gasteiger partial charge on any atom is 0.460 e. The molecule has 1 unspecified atom stereocenters. The van der Waals surface area contributed by atoms with Gasteiger partial charge in [-0.25, -0.2) is 0 Å². The highest BCUT2D eigenvalue weighted by Crippen LogP contribution is 2.64. The van der Waals surface area contributed by atoms with Gasteiger partial charge in [0.1, 0.15) is 0 Å². The number of ketones is 1. The molecule has 1 rings (SSSR count). The number of hydrogen-bond donors (Lipinski definition) is 0. The van der Waals surface area contributed by atoms with Gasteiger partial charge in [0.05, 0.1) is 6.10 Å². The van der Waals surface area contributed by atoms with Gasteiger partial charge in [-0.3, -0.25) is 4.79 Å². The van der Waals surface area contributed by atoms with Gasteiger partial charge in [0, 0.05) is 19.1 Å². The van der Waals surface area contributed by atoms with Gasteiger partial charge in [-0.1, -0.05) is 24.3 Å². The molecule has 0 aliphatic rings. The SMILES string of the molecule is COC(CC(F)(F)C(F)(F)C(F)(F)C(F)(F)C(F)(F)C(F)(F)C(F)(F)C(F)(F)F)c1ccccc1C(C)=O. The average Bonchev–Trinajstić information content (AvgIpc) is 2.75. The summed E-state index contributed by atoms with van der Waals surface area (Å²) in [6.45, 7) is 0.798. The number of hydrogen-bond acceptors (Lipinski definition) is 2. The zero-order chi connectivity index (χ0) is 30.6. The first-order valence-electron chi connectivity index (χ1n) is 9.44. The highest BCUT2D eigenvalue weighted by molar-refractivity contribution is 5.95. The molecule has 0 saturated carbocycles. The van der Waals surface area contributed by atoms with Gasteiger partial charge in [0.2, 0.25) is 0 Å². The van der Waals surface area contributed by atoms with E-state index in [4.69, 9.17) is 0 Å².